The van der Waals surface area contributed by atoms with Crippen LogP contribution in [0.1, 0.15) is 51.0 Å². The minimum atomic E-state index is -0.508. The van der Waals surface area contributed by atoms with Gasteiger partial charge in [0.15, 0.2) is 6.61 Å². The van der Waals surface area contributed by atoms with Crippen molar-refractivity contribution in [1.82, 2.24) is 10.6 Å². The predicted molar refractivity (Wildman–Crippen MR) is 115 cm³/mol. The molecule has 0 atom stereocenters. The summed E-state index contributed by atoms with van der Waals surface area (Å²) in [5.74, 6) is 2.04. The Labute approximate surface area is 180 Å². The van der Waals surface area contributed by atoms with Gasteiger partial charge in [-0.1, -0.05) is 6.92 Å². The van der Waals surface area contributed by atoms with Gasteiger partial charge >= 0.3 is 11.7 Å². The third-order valence-corrected chi connectivity index (χ3v) is 7.22. The van der Waals surface area contributed by atoms with Gasteiger partial charge in [-0.25, -0.2) is 9.59 Å². The van der Waals surface area contributed by atoms with E-state index in [-0.39, 0.29) is 12.1 Å². The quantitative estimate of drug-likeness (QED) is 0.716. The fourth-order valence-corrected chi connectivity index (χ4v) is 6.44. The largest absolute Gasteiger partial charge is 0.484 e. The second kappa shape index (κ2) is 7.70. The number of imide groups is 1. The van der Waals surface area contributed by atoms with Crippen LogP contribution in [0, 0.1) is 17.8 Å². The first-order valence-electron chi connectivity index (χ1n) is 11.2. The summed E-state index contributed by atoms with van der Waals surface area (Å²) >= 11 is 0. The van der Waals surface area contributed by atoms with E-state index in [0.717, 1.165) is 30.2 Å². The summed E-state index contributed by atoms with van der Waals surface area (Å²) in [6.07, 6.45) is 7.67. The van der Waals surface area contributed by atoms with Crippen molar-refractivity contribution in [3.05, 3.63) is 40.2 Å². The Morgan fingerprint density at radius 1 is 1.10 bits per heavy atom. The zero-order valence-corrected chi connectivity index (χ0v) is 17.7. The number of hydrogen-bond donors (Lipinski definition) is 2. The summed E-state index contributed by atoms with van der Waals surface area (Å²) in [5.41, 5.74) is 0.756. The number of amides is 3. The third kappa shape index (κ3) is 4.05. The molecule has 4 aliphatic carbocycles. The molecule has 1 heterocycles. The molecular weight excluding hydrogens is 396 g/mol. The molecule has 0 unspecified atom stereocenters. The lowest BCUT2D eigenvalue weighted by molar-refractivity contribution is -0.122. The van der Waals surface area contributed by atoms with Gasteiger partial charge in [0, 0.05) is 23.1 Å². The Bertz CT molecular complexity index is 1050. The van der Waals surface area contributed by atoms with Gasteiger partial charge in [0.1, 0.15) is 11.3 Å². The molecule has 4 aliphatic rings. The number of rotatable bonds is 5. The van der Waals surface area contributed by atoms with E-state index in [1.165, 1.54) is 25.3 Å². The van der Waals surface area contributed by atoms with Crippen LogP contribution in [0.2, 0.25) is 0 Å². The summed E-state index contributed by atoms with van der Waals surface area (Å²) in [4.78, 5) is 36.5. The molecule has 4 fully saturated rings. The summed E-state index contributed by atoms with van der Waals surface area (Å²) in [5, 5.41) is 6.36. The van der Waals surface area contributed by atoms with Gasteiger partial charge in [-0.3, -0.25) is 10.1 Å². The van der Waals surface area contributed by atoms with E-state index < -0.39 is 17.6 Å². The standard InChI is InChI=1S/C24H28N2O5/c1-2-17-8-22(28)31-20-9-18(3-4-19(17)20)30-13-21(27)25-23(29)26-24-10-14-5-15(11-24)7-16(6-14)12-24/h3-4,8-9,14-16H,2,5-7,10-13H2,1H3,(H2,25,26,27,29). The van der Waals surface area contributed by atoms with Crippen molar-refractivity contribution in [2.45, 2.75) is 57.4 Å². The zero-order valence-electron chi connectivity index (χ0n) is 17.7. The van der Waals surface area contributed by atoms with Crippen LogP contribution < -0.4 is 21.0 Å². The molecule has 3 amide bonds. The van der Waals surface area contributed by atoms with Crippen molar-refractivity contribution in [1.29, 1.82) is 0 Å². The van der Waals surface area contributed by atoms with E-state index in [9.17, 15) is 14.4 Å². The van der Waals surface area contributed by atoms with Gasteiger partial charge < -0.3 is 14.5 Å². The van der Waals surface area contributed by atoms with Crippen LogP contribution in [0.4, 0.5) is 4.79 Å². The van der Waals surface area contributed by atoms with Crippen molar-refractivity contribution in [2.24, 2.45) is 17.8 Å². The second-order valence-electron chi connectivity index (χ2n) is 9.59. The van der Waals surface area contributed by atoms with Crippen molar-refractivity contribution >= 4 is 22.9 Å². The number of ether oxygens (including phenoxy) is 1. The summed E-state index contributed by atoms with van der Waals surface area (Å²) < 4.78 is 10.8. The summed E-state index contributed by atoms with van der Waals surface area (Å²) in [6.45, 7) is 1.68. The molecular formula is C24H28N2O5. The van der Waals surface area contributed by atoms with E-state index >= 15 is 0 Å². The number of hydrogen-bond acceptors (Lipinski definition) is 5. The normalized spacial score (nSPS) is 28.5. The number of carbonyl (C=O) groups is 2. The highest BCUT2D eigenvalue weighted by molar-refractivity contribution is 5.95. The Morgan fingerprint density at radius 2 is 1.77 bits per heavy atom. The maximum absolute atomic E-state index is 12.5. The Hall–Kier alpha value is -2.83. The molecule has 0 spiro atoms. The summed E-state index contributed by atoms with van der Waals surface area (Å²) in [6, 6.07) is 6.18. The minimum Gasteiger partial charge on any atom is -0.484 e. The number of benzene rings is 1. The lowest BCUT2D eigenvalue weighted by atomic mass is 9.53. The van der Waals surface area contributed by atoms with Crippen LogP contribution in [0.3, 0.4) is 0 Å². The van der Waals surface area contributed by atoms with Crippen LogP contribution in [0.25, 0.3) is 11.0 Å². The topological polar surface area (TPSA) is 97.6 Å². The Kier molecular flexibility index (Phi) is 4.99. The maximum atomic E-state index is 12.5. The number of aryl methyl sites for hydroxylation is 1. The third-order valence-electron chi connectivity index (χ3n) is 7.22. The van der Waals surface area contributed by atoms with Gasteiger partial charge in [-0.05, 0) is 80.4 Å². The van der Waals surface area contributed by atoms with Crippen LogP contribution in [0.15, 0.2) is 33.5 Å². The highest BCUT2D eigenvalue weighted by Crippen LogP contribution is 2.55. The lowest BCUT2D eigenvalue weighted by Crippen LogP contribution is -2.62. The van der Waals surface area contributed by atoms with Crippen molar-refractivity contribution in [2.75, 3.05) is 6.61 Å². The smallest absolute Gasteiger partial charge is 0.336 e. The molecule has 7 nitrogen and oxygen atoms in total. The highest BCUT2D eigenvalue weighted by Gasteiger charge is 2.51. The fourth-order valence-electron chi connectivity index (χ4n) is 6.44. The molecule has 7 heteroatoms. The number of urea groups is 1. The SMILES string of the molecule is CCc1cc(=O)oc2cc(OCC(=O)NC(=O)NC34CC5CC(CC(C5)C3)C4)ccc12. The first-order chi connectivity index (χ1) is 14.9. The molecule has 6 rings (SSSR count). The molecule has 4 bridgehead atoms. The van der Waals surface area contributed by atoms with Gasteiger partial charge in [0.25, 0.3) is 5.91 Å². The predicted octanol–water partition coefficient (Wildman–Crippen LogP) is 3.53. The monoisotopic (exact) mass is 424 g/mol. The van der Waals surface area contributed by atoms with Gasteiger partial charge in [0.05, 0.1) is 0 Å². The van der Waals surface area contributed by atoms with E-state index in [4.69, 9.17) is 9.15 Å². The fraction of sp³-hybridized carbons (Fsp3) is 0.542. The maximum Gasteiger partial charge on any atom is 0.336 e. The van der Waals surface area contributed by atoms with Gasteiger partial charge in [-0.2, -0.15) is 0 Å². The number of carbonyl (C=O) groups excluding carboxylic acids is 2. The van der Waals surface area contributed by atoms with Crippen LogP contribution in [0.5, 0.6) is 5.75 Å². The molecule has 2 N–H and O–H groups in total. The van der Waals surface area contributed by atoms with Crippen LogP contribution >= 0.6 is 0 Å². The lowest BCUT2D eigenvalue weighted by Gasteiger charge is -2.56. The molecule has 0 saturated heterocycles. The van der Waals surface area contributed by atoms with Crippen molar-refractivity contribution in [3.63, 3.8) is 0 Å². The first-order valence-corrected chi connectivity index (χ1v) is 11.2. The summed E-state index contributed by atoms with van der Waals surface area (Å²) in [7, 11) is 0. The van der Waals surface area contributed by atoms with E-state index in [1.807, 2.05) is 13.0 Å². The van der Waals surface area contributed by atoms with E-state index in [1.54, 1.807) is 12.1 Å². The second-order valence-corrected chi connectivity index (χ2v) is 9.59. The van der Waals surface area contributed by atoms with E-state index in [2.05, 4.69) is 10.6 Å². The number of fused-ring (bicyclic) bond motifs is 1. The van der Waals surface area contributed by atoms with Gasteiger partial charge in [-0.15, -0.1) is 0 Å². The van der Waals surface area contributed by atoms with Crippen LogP contribution in [-0.2, 0) is 11.2 Å². The molecule has 1 aromatic carbocycles. The molecule has 164 valence electrons. The number of nitrogens with one attached hydrogen (secondary N) is 2. The van der Waals surface area contributed by atoms with Crippen LogP contribution in [-0.4, -0.2) is 24.1 Å². The minimum absolute atomic E-state index is 0.146. The Balaban J connectivity index is 1.18. The molecule has 0 radical (unpaired) electrons. The average molecular weight is 424 g/mol. The molecule has 0 aliphatic heterocycles. The first kappa shape index (κ1) is 20.1. The van der Waals surface area contributed by atoms with E-state index in [0.29, 0.717) is 35.5 Å². The zero-order chi connectivity index (χ0) is 21.6. The molecule has 4 saturated carbocycles. The molecule has 1 aromatic heterocycles. The molecule has 2 aromatic rings. The van der Waals surface area contributed by atoms with Gasteiger partial charge in [0.2, 0.25) is 0 Å². The van der Waals surface area contributed by atoms with Crippen molar-refractivity contribution < 1.29 is 18.7 Å². The highest BCUT2D eigenvalue weighted by atomic mass is 16.5. The Morgan fingerprint density at radius 3 is 2.42 bits per heavy atom. The van der Waals surface area contributed by atoms with Crippen molar-refractivity contribution in [3.8, 4) is 5.75 Å². The molecule has 31 heavy (non-hydrogen) atoms. The average Bonchev–Trinajstić information content (AvgIpc) is 2.69.